The molecular formula is C13H11NaO2. The van der Waals surface area contributed by atoms with Gasteiger partial charge in [-0.1, -0.05) is 42.5 Å². The van der Waals surface area contributed by atoms with Crippen molar-refractivity contribution >= 4 is 35.5 Å². The third kappa shape index (κ3) is 2.95. The van der Waals surface area contributed by atoms with Crippen molar-refractivity contribution in [3.8, 4) is 11.1 Å². The summed E-state index contributed by atoms with van der Waals surface area (Å²) in [5.41, 5.74) is 2.27. The van der Waals surface area contributed by atoms with Crippen LogP contribution in [0.1, 0.15) is 10.4 Å². The van der Waals surface area contributed by atoms with Crippen LogP contribution in [0.15, 0.2) is 54.6 Å². The van der Waals surface area contributed by atoms with Crippen LogP contribution >= 0.6 is 0 Å². The zero-order chi connectivity index (χ0) is 10.7. The molecule has 0 heterocycles. The fraction of sp³-hybridized carbons (Fsp3) is 0. The molecule has 2 aromatic rings. The van der Waals surface area contributed by atoms with Gasteiger partial charge < -0.3 is 5.11 Å². The predicted molar refractivity (Wildman–Crippen MR) is 66.0 cm³/mol. The Morgan fingerprint density at radius 3 is 2.12 bits per heavy atom. The normalized spacial score (nSPS) is 9.25. The van der Waals surface area contributed by atoms with Crippen molar-refractivity contribution in [3.05, 3.63) is 60.2 Å². The van der Waals surface area contributed by atoms with Gasteiger partial charge in [-0.2, -0.15) is 0 Å². The SMILES string of the molecule is O=C(O)c1cccc(-c2ccccc2)c1.[NaH]. The summed E-state index contributed by atoms with van der Waals surface area (Å²) in [4.78, 5) is 10.8. The van der Waals surface area contributed by atoms with E-state index in [1.54, 1.807) is 18.2 Å². The van der Waals surface area contributed by atoms with Crippen molar-refractivity contribution in [1.82, 2.24) is 0 Å². The van der Waals surface area contributed by atoms with Gasteiger partial charge in [-0.3, -0.25) is 0 Å². The first kappa shape index (κ1) is 13.0. The van der Waals surface area contributed by atoms with Crippen LogP contribution < -0.4 is 0 Å². The number of carboxylic acids is 1. The van der Waals surface area contributed by atoms with Crippen molar-refractivity contribution in [1.29, 1.82) is 0 Å². The van der Waals surface area contributed by atoms with E-state index in [9.17, 15) is 4.79 Å². The van der Waals surface area contributed by atoms with E-state index in [1.165, 1.54) is 0 Å². The summed E-state index contributed by atoms with van der Waals surface area (Å²) < 4.78 is 0. The minimum atomic E-state index is -0.896. The number of carbonyl (C=O) groups is 1. The first-order chi connectivity index (χ1) is 7.27. The molecule has 2 rings (SSSR count). The number of carboxylic acid groups (broad SMARTS) is 1. The topological polar surface area (TPSA) is 37.3 Å². The Bertz CT molecular complexity index is 480. The van der Waals surface area contributed by atoms with Crippen molar-refractivity contribution in [2.45, 2.75) is 0 Å². The second-order valence-corrected chi connectivity index (χ2v) is 3.25. The molecule has 0 aliphatic heterocycles. The quantitative estimate of drug-likeness (QED) is 0.792. The summed E-state index contributed by atoms with van der Waals surface area (Å²) in [7, 11) is 0. The molecule has 0 amide bonds. The Morgan fingerprint density at radius 1 is 0.875 bits per heavy atom. The van der Waals surface area contributed by atoms with Crippen LogP contribution in [0.25, 0.3) is 11.1 Å². The Morgan fingerprint density at radius 2 is 1.50 bits per heavy atom. The molecule has 16 heavy (non-hydrogen) atoms. The van der Waals surface area contributed by atoms with E-state index in [2.05, 4.69) is 0 Å². The van der Waals surface area contributed by atoms with Gasteiger partial charge >= 0.3 is 35.5 Å². The molecule has 0 unspecified atom stereocenters. The van der Waals surface area contributed by atoms with Gasteiger partial charge in [0.25, 0.3) is 0 Å². The third-order valence-electron chi connectivity index (χ3n) is 2.22. The van der Waals surface area contributed by atoms with Gasteiger partial charge in [0.2, 0.25) is 0 Å². The molecule has 2 aromatic carbocycles. The number of aromatic carboxylic acids is 1. The van der Waals surface area contributed by atoms with E-state index >= 15 is 0 Å². The molecule has 3 heteroatoms. The summed E-state index contributed by atoms with van der Waals surface area (Å²) >= 11 is 0. The van der Waals surface area contributed by atoms with E-state index < -0.39 is 5.97 Å². The number of rotatable bonds is 2. The Hall–Kier alpha value is -1.09. The average Bonchev–Trinajstić information content (AvgIpc) is 2.30. The Labute approximate surface area is 116 Å². The summed E-state index contributed by atoms with van der Waals surface area (Å²) in [5.74, 6) is -0.896. The predicted octanol–water partition coefficient (Wildman–Crippen LogP) is 2.40. The maximum atomic E-state index is 10.8. The molecule has 0 aliphatic carbocycles. The van der Waals surface area contributed by atoms with E-state index in [1.807, 2.05) is 36.4 Å². The van der Waals surface area contributed by atoms with Gasteiger partial charge in [0.1, 0.15) is 0 Å². The van der Waals surface area contributed by atoms with Crippen LogP contribution in [0.3, 0.4) is 0 Å². The molecule has 0 saturated heterocycles. The monoisotopic (exact) mass is 222 g/mol. The van der Waals surface area contributed by atoms with Crippen LogP contribution in [-0.2, 0) is 0 Å². The van der Waals surface area contributed by atoms with Crippen molar-refractivity contribution in [2.24, 2.45) is 0 Å². The van der Waals surface area contributed by atoms with Crippen LogP contribution in [0.2, 0.25) is 0 Å². The molecule has 76 valence electrons. The zero-order valence-corrected chi connectivity index (χ0v) is 8.05. The average molecular weight is 222 g/mol. The maximum absolute atomic E-state index is 10.8. The fourth-order valence-corrected chi connectivity index (χ4v) is 1.46. The molecule has 0 aliphatic rings. The Balaban J connectivity index is 0.00000128. The summed E-state index contributed by atoms with van der Waals surface area (Å²) in [6, 6.07) is 16.7. The molecule has 0 radical (unpaired) electrons. The molecule has 2 nitrogen and oxygen atoms in total. The van der Waals surface area contributed by atoms with Gasteiger partial charge in [-0.25, -0.2) is 4.79 Å². The molecule has 0 saturated carbocycles. The molecule has 0 bridgehead atoms. The fourth-order valence-electron chi connectivity index (χ4n) is 1.46. The molecule has 1 N–H and O–H groups in total. The van der Waals surface area contributed by atoms with Crippen LogP contribution in [0, 0.1) is 0 Å². The standard InChI is InChI=1S/C13H10O2.Na.H/c14-13(15)12-8-4-7-11(9-12)10-5-2-1-3-6-10;;/h1-9H,(H,14,15);;. The Kier molecular flexibility index (Phi) is 4.74. The zero-order valence-electron chi connectivity index (χ0n) is 8.05. The second-order valence-electron chi connectivity index (χ2n) is 3.25. The van der Waals surface area contributed by atoms with Gasteiger partial charge in [-0.05, 0) is 23.3 Å². The third-order valence-corrected chi connectivity index (χ3v) is 2.22. The van der Waals surface area contributed by atoms with E-state index in [4.69, 9.17) is 5.11 Å². The first-order valence-corrected chi connectivity index (χ1v) is 4.66. The summed E-state index contributed by atoms with van der Waals surface area (Å²) in [5, 5.41) is 8.86. The molecule has 0 fully saturated rings. The molecular weight excluding hydrogens is 211 g/mol. The van der Waals surface area contributed by atoms with E-state index in [-0.39, 0.29) is 29.6 Å². The minimum absolute atomic E-state index is 0. The van der Waals surface area contributed by atoms with E-state index in [0.717, 1.165) is 11.1 Å². The van der Waals surface area contributed by atoms with E-state index in [0.29, 0.717) is 5.56 Å². The second kappa shape index (κ2) is 5.85. The van der Waals surface area contributed by atoms with Crippen LogP contribution in [0.4, 0.5) is 0 Å². The van der Waals surface area contributed by atoms with Gasteiger partial charge in [-0.15, -0.1) is 0 Å². The van der Waals surface area contributed by atoms with Gasteiger partial charge in [0, 0.05) is 0 Å². The molecule has 0 atom stereocenters. The van der Waals surface area contributed by atoms with Crippen molar-refractivity contribution in [2.75, 3.05) is 0 Å². The summed E-state index contributed by atoms with van der Waals surface area (Å²) in [6.45, 7) is 0. The molecule has 0 spiro atoms. The summed E-state index contributed by atoms with van der Waals surface area (Å²) in [6.07, 6.45) is 0. The van der Waals surface area contributed by atoms with Gasteiger partial charge in [0.15, 0.2) is 0 Å². The number of hydrogen-bond acceptors (Lipinski definition) is 1. The van der Waals surface area contributed by atoms with Gasteiger partial charge in [0.05, 0.1) is 5.56 Å². The number of hydrogen-bond donors (Lipinski definition) is 1. The number of benzene rings is 2. The molecule has 0 aromatic heterocycles. The van der Waals surface area contributed by atoms with Crippen molar-refractivity contribution in [3.63, 3.8) is 0 Å². The first-order valence-electron chi connectivity index (χ1n) is 4.66. The van der Waals surface area contributed by atoms with Crippen molar-refractivity contribution < 1.29 is 9.90 Å². The van der Waals surface area contributed by atoms with Crippen LogP contribution in [0.5, 0.6) is 0 Å². The van der Waals surface area contributed by atoms with Crippen LogP contribution in [-0.4, -0.2) is 40.6 Å².